The third-order valence-corrected chi connectivity index (χ3v) is 2.77. The Bertz CT molecular complexity index is 686. The minimum atomic E-state index is -1.25. The lowest BCUT2D eigenvalue weighted by molar-refractivity contribution is 0.0689. The van der Waals surface area contributed by atoms with E-state index in [1.807, 2.05) is 32.0 Å². The van der Waals surface area contributed by atoms with Gasteiger partial charge in [-0.05, 0) is 25.0 Å². The van der Waals surface area contributed by atoms with Gasteiger partial charge in [0.05, 0.1) is 0 Å². The molecule has 2 rings (SSSR count). The molecule has 0 radical (unpaired) electrons. The standard InChI is InChI=1S/C14H14N2O4/c1-8-4-3-5-9(2)13(8)20-7-11-15-10(14(18)19)6-12(17)16-11/h3-6H,7H2,1-2H3,(H,18,19)(H,15,16,17). The molecule has 2 aromatic rings. The molecule has 0 spiro atoms. The third kappa shape index (κ3) is 3.03. The largest absolute Gasteiger partial charge is 0.485 e. The van der Waals surface area contributed by atoms with Crippen molar-refractivity contribution in [2.24, 2.45) is 0 Å². The van der Waals surface area contributed by atoms with Crippen molar-refractivity contribution < 1.29 is 14.6 Å². The number of nitrogens with one attached hydrogen (secondary N) is 1. The average Bonchev–Trinajstić information content (AvgIpc) is 2.37. The molecule has 1 heterocycles. The second-order valence-electron chi connectivity index (χ2n) is 4.39. The Morgan fingerprint density at radius 1 is 1.35 bits per heavy atom. The Kier molecular flexibility index (Phi) is 3.84. The summed E-state index contributed by atoms with van der Waals surface area (Å²) in [5, 5.41) is 8.85. The van der Waals surface area contributed by atoms with Crippen LogP contribution in [0.15, 0.2) is 29.1 Å². The van der Waals surface area contributed by atoms with Crippen LogP contribution in [0.4, 0.5) is 0 Å². The van der Waals surface area contributed by atoms with Crippen LogP contribution in [-0.2, 0) is 6.61 Å². The average molecular weight is 274 g/mol. The van der Waals surface area contributed by atoms with Crippen molar-refractivity contribution in [1.29, 1.82) is 0 Å². The number of hydrogen-bond acceptors (Lipinski definition) is 4. The zero-order valence-electron chi connectivity index (χ0n) is 11.1. The highest BCUT2D eigenvalue weighted by atomic mass is 16.5. The molecule has 0 saturated heterocycles. The number of aryl methyl sites for hydroxylation is 2. The van der Waals surface area contributed by atoms with E-state index >= 15 is 0 Å². The fourth-order valence-corrected chi connectivity index (χ4v) is 1.85. The number of rotatable bonds is 4. The smallest absolute Gasteiger partial charge is 0.354 e. The van der Waals surface area contributed by atoms with Crippen LogP contribution in [0.5, 0.6) is 5.75 Å². The minimum absolute atomic E-state index is 0.00204. The molecule has 0 bridgehead atoms. The van der Waals surface area contributed by atoms with Crippen molar-refractivity contribution in [1.82, 2.24) is 9.97 Å². The summed E-state index contributed by atoms with van der Waals surface area (Å²) in [4.78, 5) is 28.5. The summed E-state index contributed by atoms with van der Waals surface area (Å²) in [7, 11) is 0. The fourth-order valence-electron chi connectivity index (χ4n) is 1.85. The van der Waals surface area contributed by atoms with Gasteiger partial charge >= 0.3 is 5.97 Å². The van der Waals surface area contributed by atoms with Gasteiger partial charge in [-0.1, -0.05) is 18.2 Å². The van der Waals surface area contributed by atoms with Gasteiger partial charge < -0.3 is 14.8 Å². The second kappa shape index (κ2) is 5.56. The number of para-hydroxylation sites is 1. The summed E-state index contributed by atoms with van der Waals surface area (Å²) < 4.78 is 5.62. The summed E-state index contributed by atoms with van der Waals surface area (Å²) in [5.74, 6) is -0.363. The highest BCUT2D eigenvalue weighted by Crippen LogP contribution is 2.22. The number of carboxylic acids is 1. The lowest BCUT2D eigenvalue weighted by Crippen LogP contribution is -2.17. The quantitative estimate of drug-likeness (QED) is 0.884. The predicted molar refractivity (Wildman–Crippen MR) is 72.1 cm³/mol. The van der Waals surface area contributed by atoms with Crippen LogP contribution in [0.3, 0.4) is 0 Å². The van der Waals surface area contributed by atoms with E-state index in [9.17, 15) is 9.59 Å². The minimum Gasteiger partial charge on any atom is -0.485 e. The first-order valence-corrected chi connectivity index (χ1v) is 6.00. The molecule has 0 aliphatic rings. The number of benzene rings is 1. The van der Waals surface area contributed by atoms with Crippen LogP contribution < -0.4 is 10.3 Å². The van der Waals surface area contributed by atoms with Crippen molar-refractivity contribution in [2.75, 3.05) is 0 Å². The lowest BCUT2D eigenvalue weighted by atomic mass is 10.1. The maximum Gasteiger partial charge on any atom is 0.354 e. The first-order chi connectivity index (χ1) is 9.47. The van der Waals surface area contributed by atoms with Crippen LogP contribution in [0.2, 0.25) is 0 Å². The molecule has 20 heavy (non-hydrogen) atoms. The van der Waals surface area contributed by atoms with Crippen LogP contribution >= 0.6 is 0 Å². The van der Waals surface area contributed by atoms with Gasteiger partial charge in [0.15, 0.2) is 5.69 Å². The van der Waals surface area contributed by atoms with Gasteiger partial charge in [-0.15, -0.1) is 0 Å². The molecule has 0 saturated carbocycles. The lowest BCUT2D eigenvalue weighted by Gasteiger charge is -2.11. The number of H-pyrrole nitrogens is 1. The number of ether oxygens (including phenoxy) is 1. The van der Waals surface area contributed by atoms with E-state index in [-0.39, 0.29) is 18.1 Å². The number of aromatic amines is 1. The molecule has 1 aromatic carbocycles. The number of carbonyl (C=O) groups is 1. The topological polar surface area (TPSA) is 92.3 Å². The van der Waals surface area contributed by atoms with Crippen molar-refractivity contribution in [3.05, 3.63) is 57.3 Å². The molecule has 0 amide bonds. The Labute approximate surface area is 115 Å². The molecular formula is C14H14N2O4. The molecule has 0 unspecified atom stereocenters. The van der Waals surface area contributed by atoms with Gasteiger partial charge in [-0.2, -0.15) is 0 Å². The molecule has 0 fully saturated rings. The Morgan fingerprint density at radius 3 is 2.60 bits per heavy atom. The second-order valence-corrected chi connectivity index (χ2v) is 4.39. The van der Waals surface area contributed by atoms with Gasteiger partial charge in [0.25, 0.3) is 5.56 Å². The first kappa shape index (κ1) is 13.8. The van der Waals surface area contributed by atoms with Gasteiger partial charge in [0.1, 0.15) is 18.2 Å². The zero-order chi connectivity index (χ0) is 14.7. The van der Waals surface area contributed by atoms with Crippen molar-refractivity contribution in [3.63, 3.8) is 0 Å². The van der Waals surface area contributed by atoms with Gasteiger partial charge in [-0.25, -0.2) is 9.78 Å². The summed E-state index contributed by atoms with van der Waals surface area (Å²) in [6.45, 7) is 3.82. The highest BCUT2D eigenvalue weighted by molar-refractivity contribution is 5.85. The maximum atomic E-state index is 11.3. The van der Waals surface area contributed by atoms with Crippen molar-refractivity contribution in [3.8, 4) is 5.75 Å². The van der Waals surface area contributed by atoms with E-state index in [0.717, 1.165) is 17.2 Å². The predicted octanol–water partition coefficient (Wildman–Crippen LogP) is 1.66. The number of aromatic nitrogens is 2. The Morgan fingerprint density at radius 2 is 2.00 bits per heavy atom. The van der Waals surface area contributed by atoms with Crippen LogP contribution in [0, 0.1) is 13.8 Å². The summed E-state index contributed by atoms with van der Waals surface area (Å²) in [6.07, 6.45) is 0. The van der Waals surface area contributed by atoms with E-state index in [4.69, 9.17) is 9.84 Å². The van der Waals surface area contributed by atoms with E-state index in [2.05, 4.69) is 9.97 Å². The number of hydrogen-bond donors (Lipinski definition) is 2. The van der Waals surface area contributed by atoms with Crippen molar-refractivity contribution >= 4 is 5.97 Å². The number of carboxylic acid groups (broad SMARTS) is 1. The number of nitrogens with zero attached hydrogens (tertiary/aromatic N) is 1. The molecule has 0 atom stereocenters. The first-order valence-electron chi connectivity index (χ1n) is 6.00. The zero-order valence-corrected chi connectivity index (χ0v) is 11.1. The molecule has 104 valence electrons. The number of aromatic carboxylic acids is 1. The van der Waals surface area contributed by atoms with Crippen molar-refractivity contribution in [2.45, 2.75) is 20.5 Å². The maximum absolute atomic E-state index is 11.3. The molecule has 6 nitrogen and oxygen atoms in total. The molecule has 2 N–H and O–H groups in total. The van der Waals surface area contributed by atoms with Gasteiger partial charge in [-0.3, -0.25) is 4.79 Å². The summed E-state index contributed by atoms with van der Waals surface area (Å²) >= 11 is 0. The van der Waals surface area contributed by atoms with Crippen LogP contribution in [0.25, 0.3) is 0 Å². The normalized spacial score (nSPS) is 10.3. The highest BCUT2D eigenvalue weighted by Gasteiger charge is 2.09. The van der Waals surface area contributed by atoms with Gasteiger partial charge in [0, 0.05) is 6.07 Å². The summed E-state index contributed by atoms with van der Waals surface area (Å²) in [5.41, 5.74) is 1.11. The van der Waals surface area contributed by atoms with E-state index in [1.165, 1.54) is 0 Å². The molecular weight excluding hydrogens is 260 g/mol. The van der Waals surface area contributed by atoms with E-state index in [1.54, 1.807) is 0 Å². The van der Waals surface area contributed by atoms with Crippen LogP contribution in [-0.4, -0.2) is 21.0 Å². The summed E-state index contributed by atoms with van der Waals surface area (Å²) in [6, 6.07) is 6.67. The SMILES string of the molecule is Cc1cccc(C)c1OCc1nc(C(=O)O)cc(=O)[nH]1. The molecule has 0 aliphatic carbocycles. The molecule has 6 heteroatoms. The van der Waals surface area contributed by atoms with Crippen LogP contribution in [0.1, 0.15) is 27.4 Å². The monoisotopic (exact) mass is 274 g/mol. The fraction of sp³-hybridized carbons (Fsp3) is 0.214. The van der Waals surface area contributed by atoms with Gasteiger partial charge in [0.2, 0.25) is 0 Å². The molecule has 1 aromatic heterocycles. The van der Waals surface area contributed by atoms with E-state index < -0.39 is 11.5 Å². The Hall–Kier alpha value is -2.63. The van der Waals surface area contributed by atoms with E-state index in [0.29, 0.717) is 5.75 Å². The third-order valence-electron chi connectivity index (χ3n) is 2.77. The Balaban J connectivity index is 2.23. The molecule has 0 aliphatic heterocycles.